The highest BCUT2D eigenvalue weighted by Crippen LogP contribution is 2.27. The number of ether oxygens (including phenoxy) is 1. The van der Waals surface area contributed by atoms with E-state index in [4.69, 9.17) is 4.74 Å². The Balaban J connectivity index is 2.16. The van der Waals surface area contributed by atoms with Gasteiger partial charge in [0.25, 0.3) is 0 Å². The molecule has 0 heterocycles. The summed E-state index contributed by atoms with van der Waals surface area (Å²) in [5, 5.41) is 9.91. The Kier molecular flexibility index (Phi) is 5.50. The number of phenolic OH excluding ortho intramolecular Hbond substituents is 1. The lowest BCUT2D eigenvalue weighted by molar-refractivity contribution is 0.373. The molecule has 3 nitrogen and oxygen atoms in total. The highest BCUT2D eigenvalue weighted by atomic mass is 16.5. The van der Waals surface area contributed by atoms with Crippen molar-refractivity contribution in [3.05, 3.63) is 54.1 Å². The summed E-state index contributed by atoms with van der Waals surface area (Å²) in [4.78, 5) is 2.34. The van der Waals surface area contributed by atoms with Crippen LogP contribution in [0.5, 0.6) is 11.5 Å². The molecule has 2 rings (SSSR count). The van der Waals surface area contributed by atoms with E-state index < -0.39 is 0 Å². The van der Waals surface area contributed by atoms with E-state index >= 15 is 0 Å². The number of benzene rings is 2. The number of anilines is 1. The minimum Gasteiger partial charge on any atom is -0.504 e. The van der Waals surface area contributed by atoms with Gasteiger partial charge in [-0.1, -0.05) is 37.6 Å². The van der Waals surface area contributed by atoms with Crippen molar-refractivity contribution in [2.24, 2.45) is 0 Å². The molecule has 21 heavy (non-hydrogen) atoms. The minimum atomic E-state index is 0.193. The van der Waals surface area contributed by atoms with Crippen molar-refractivity contribution in [3.63, 3.8) is 0 Å². The first kappa shape index (κ1) is 15.2. The van der Waals surface area contributed by atoms with Crippen molar-refractivity contribution in [2.75, 3.05) is 18.6 Å². The number of aromatic hydroxyl groups is 1. The van der Waals surface area contributed by atoms with E-state index in [1.165, 1.54) is 5.69 Å². The van der Waals surface area contributed by atoms with Crippen LogP contribution in [0.1, 0.15) is 25.3 Å². The van der Waals surface area contributed by atoms with Crippen LogP contribution in [0.4, 0.5) is 5.69 Å². The van der Waals surface area contributed by atoms with E-state index in [1.54, 1.807) is 13.2 Å². The number of rotatable bonds is 7. The van der Waals surface area contributed by atoms with Gasteiger partial charge in [-0.3, -0.25) is 0 Å². The lowest BCUT2D eigenvalue weighted by Gasteiger charge is -2.25. The molecular weight excluding hydrogens is 262 g/mol. The van der Waals surface area contributed by atoms with Crippen molar-refractivity contribution >= 4 is 5.69 Å². The molecule has 0 aliphatic carbocycles. The SMILES string of the molecule is CCCCN(Cc1ccc(OC)c(O)c1)c1ccccc1. The van der Waals surface area contributed by atoms with Crippen LogP contribution < -0.4 is 9.64 Å². The summed E-state index contributed by atoms with van der Waals surface area (Å²) in [6.45, 7) is 3.98. The molecule has 0 atom stereocenters. The van der Waals surface area contributed by atoms with Crippen LogP contribution in [0.3, 0.4) is 0 Å². The second kappa shape index (κ2) is 7.58. The molecule has 2 aromatic rings. The van der Waals surface area contributed by atoms with Crippen LogP contribution in [-0.2, 0) is 6.54 Å². The van der Waals surface area contributed by atoms with Crippen LogP contribution >= 0.6 is 0 Å². The fourth-order valence-corrected chi connectivity index (χ4v) is 2.34. The van der Waals surface area contributed by atoms with Crippen LogP contribution in [0.2, 0.25) is 0 Å². The summed E-state index contributed by atoms with van der Waals surface area (Å²) in [7, 11) is 1.56. The van der Waals surface area contributed by atoms with Crippen molar-refractivity contribution in [2.45, 2.75) is 26.3 Å². The topological polar surface area (TPSA) is 32.7 Å². The average Bonchev–Trinajstić information content (AvgIpc) is 2.52. The number of unbranched alkanes of at least 4 members (excludes halogenated alkanes) is 1. The third-order valence-electron chi connectivity index (χ3n) is 3.52. The zero-order valence-corrected chi connectivity index (χ0v) is 12.7. The van der Waals surface area contributed by atoms with Crippen LogP contribution in [-0.4, -0.2) is 18.8 Å². The van der Waals surface area contributed by atoms with Crippen molar-refractivity contribution in [1.29, 1.82) is 0 Å². The Labute approximate surface area is 126 Å². The fourth-order valence-electron chi connectivity index (χ4n) is 2.34. The van der Waals surface area contributed by atoms with Gasteiger partial charge in [-0.25, -0.2) is 0 Å². The molecule has 0 spiro atoms. The van der Waals surface area contributed by atoms with E-state index in [-0.39, 0.29) is 5.75 Å². The molecule has 2 aromatic carbocycles. The monoisotopic (exact) mass is 285 g/mol. The Morgan fingerprint density at radius 3 is 2.48 bits per heavy atom. The summed E-state index contributed by atoms with van der Waals surface area (Å²) in [6.07, 6.45) is 2.31. The normalized spacial score (nSPS) is 10.4. The first-order chi connectivity index (χ1) is 10.2. The zero-order chi connectivity index (χ0) is 15.1. The van der Waals surface area contributed by atoms with Gasteiger partial charge in [-0.05, 0) is 36.2 Å². The lowest BCUT2D eigenvalue weighted by Crippen LogP contribution is -2.23. The number of phenols is 1. The standard InChI is InChI=1S/C18H23NO2/c1-3-4-12-19(16-8-6-5-7-9-16)14-15-10-11-18(21-2)17(20)13-15/h5-11,13,20H,3-4,12,14H2,1-2H3. The molecule has 0 unspecified atom stereocenters. The van der Waals surface area contributed by atoms with Gasteiger partial charge < -0.3 is 14.7 Å². The predicted octanol–water partition coefficient (Wildman–Crippen LogP) is 4.21. The molecule has 112 valence electrons. The molecule has 0 fully saturated rings. The van der Waals surface area contributed by atoms with Gasteiger partial charge in [0.1, 0.15) is 0 Å². The highest BCUT2D eigenvalue weighted by molar-refractivity contribution is 5.48. The average molecular weight is 285 g/mol. The Hall–Kier alpha value is -2.16. The third-order valence-corrected chi connectivity index (χ3v) is 3.52. The summed E-state index contributed by atoms with van der Waals surface area (Å²) < 4.78 is 5.09. The van der Waals surface area contributed by atoms with Gasteiger partial charge in [0, 0.05) is 18.8 Å². The first-order valence-corrected chi connectivity index (χ1v) is 7.40. The van der Waals surface area contributed by atoms with E-state index in [2.05, 4.69) is 36.1 Å². The predicted molar refractivity (Wildman–Crippen MR) is 87.1 cm³/mol. The second-order valence-corrected chi connectivity index (χ2v) is 5.12. The van der Waals surface area contributed by atoms with E-state index in [9.17, 15) is 5.11 Å². The number of methoxy groups -OCH3 is 1. The number of para-hydroxylation sites is 1. The van der Waals surface area contributed by atoms with Crippen LogP contribution in [0, 0.1) is 0 Å². The van der Waals surface area contributed by atoms with E-state index in [0.29, 0.717) is 5.75 Å². The fraction of sp³-hybridized carbons (Fsp3) is 0.333. The Morgan fingerprint density at radius 2 is 1.86 bits per heavy atom. The lowest BCUT2D eigenvalue weighted by atomic mass is 10.1. The van der Waals surface area contributed by atoms with Gasteiger partial charge in [0.2, 0.25) is 0 Å². The van der Waals surface area contributed by atoms with Gasteiger partial charge >= 0.3 is 0 Å². The van der Waals surface area contributed by atoms with Gasteiger partial charge in [-0.15, -0.1) is 0 Å². The maximum atomic E-state index is 9.91. The minimum absolute atomic E-state index is 0.193. The number of hydrogen-bond donors (Lipinski definition) is 1. The zero-order valence-electron chi connectivity index (χ0n) is 12.7. The molecule has 0 saturated heterocycles. The molecular formula is C18H23NO2. The maximum absolute atomic E-state index is 9.91. The third kappa shape index (κ3) is 4.15. The second-order valence-electron chi connectivity index (χ2n) is 5.12. The Morgan fingerprint density at radius 1 is 1.10 bits per heavy atom. The molecule has 0 bridgehead atoms. The van der Waals surface area contributed by atoms with Crippen LogP contribution in [0.15, 0.2) is 48.5 Å². The summed E-state index contributed by atoms with van der Waals surface area (Å²) >= 11 is 0. The molecule has 0 aliphatic heterocycles. The quantitative estimate of drug-likeness (QED) is 0.827. The summed E-state index contributed by atoms with van der Waals surface area (Å²) in [5.41, 5.74) is 2.29. The van der Waals surface area contributed by atoms with Crippen molar-refractivity contribution < 1.29 is 9.84 Å². The van der Waals surface area contributed by atoms with Crippen molar-refractivity contribution in [3.8, 4) is 11.5 Å². The van der Waals surface area contributed by atoms with E-state index in [1.807, 2.05) is 18.2 Å². The smallest absolute Gasteiger partial charge is 0.160 e. The molecule has 0 radical (unpaired) electrons. The maximum Gasteiger partial charge on any atom is 0.160 e. The Bertz CT molecular complexity index is 554. The summed E-state index contributed by atoms with van der Waals surface area (Å²) in [6, 6.07) is 16.0. The largest absolute Gasteiger partial charge is 0.504 e. The number of nitrogens with zero attached hydrogens (tertiary/aromatic N) is 1. The molecule has 0 saturated carbocycles. The van der Waals surface area contributed by atoms with Gasteiger partial charge in [-0.2, -0.15) is 0 Å². The van der Waals surface area contributed by atoms with Gasteiger partial charge in [0.15, 0.2) is 11.5 Å². The molecule has 0 aromatic heterocycles. The molecule has 0 aliphatic rings. The van der Waals surface area contributed by atoms with Crippen LogP contribution in [0.25, 0.3) is 0 Å². The molecule has 3 heteroatoms. The molecule has 1 N–H and O–H groups in total. The summed E-state index contributed by atoms with van der Waals surface area (Å²) in [5.74, 6) is 0.706. The van der Waals surface area contributed by atoms with E-state index in [0.717, 1.165) is 31.5 Å². The van der Waals surface area contributed by atoms with Crippen molar-refractivity contribution in [1.82, 2.24) is 0 Å². The first-order valence-electron chi connectivity index (χ1n) is 7.40. The van der Waals surface area contributed by atoms with Gasteiger partial charge in [0.05, 0.1) is 7.11 Å². The molecule has 0 amide bonds. The number of hydrogen-bond acceptors (Lipinski definition) is 3. The highest BCUT2D eigenvalue weighted by Gasteiger charge is 2.09.